The lowest BCUT2D eigenvalue weighted by Gasteiger charge is -2.12. The van der Waals surface area contributed by atoms with Crippen molar-refractivity contribution in [2.24, 2.45) is 0 Å². The Morgan fingerprint density at radius 1 is 1.00 bits per heavy atom. The smallest absolute Gasteiger partial charge is 0.0620 e. The van der Waals surface area contributed by atoms with E-state index in [1.165, 1.54) is 5.56 Å². The van der Waals surface area contributed by atoms with Gasteiger partial charge in [0.15, 0.2) is 0 Å². The molecule has 0 saturated carbocycles. The van der Waals surface area contributed by atoms with E-state index in [9.17, 15) is 0 Å². The molecule has 0 aliphatic carbocycles. The first-order valence-corrected chi connectivity index (χ1v) is 6.00. The number of nitrogens with two attached hydrogens (primary N) is 1. The lowest BCUT2D eigenvalue weighted by Crippen LogP contribution is -2.00. The number of para-hydroxylation sites is 2. The van der Waals surface area contributed by atoms with E-state index in [2.05, 4.69) is 18.3 Å². The SMILES string of the molecule is CCCc1cccc(Nc2ccccc2)c1N. The second-order valence-electron chi connectivity index (χ2n) is 4.12. The van der Waals surface area contributed by atoms with Crippen molar-refractivity contribution in [1.29, 1.82) is 0 Å². The normalized spacial score (nSPS) is 10.2. The van der Waals surface area contributed by atoms with Crippen LogP contribution in [0.1, 0.15) is 18.9 Å². The molecule has 0 aliphatic heterocycles. The van der Waals surface area contributed by atoms with Crippen molar-refractivity contribution in [3.63, 3.8) is 0 Å². The molecule has 0 unspecified atom stereocenters. The zero-order valence-corrected chi connectivity index (χ0v) is 10.1. The van der Waals surface area contributed by atoms with Gasteiger partial charge in [0.25, 0.3) is 0 Å². The van der Waals surface area contributed by atoms with Crippen LogP contribution in [-0.4, -0.2) is 0 Å². The quantitative estimate of drug-likeness (QED) is 0.774. The average molecular weight is 226 g/mol. The lowest BCUT2D eigenvalue weighted by molar-refractivity contribution is 0.925. The molecular weight excluding hydrogens is 208 g/mol. The van der Waals surface area contributed by atoms with Gasteiger partial charge in [-0.2, -0.15) is 0 Å². The van der Waals surface area contributed by atoms with Gasteiger partial charge in [0, 0.05) is 5.69 Å². The summed E-state index contributed by atoms with van der Waals surface area (Å²) in [6.45, 7) is 2.16. The van der Waals surface area contributed by atoms with E-state index in [1.807, 2.05) is 42.5 Å². The summed E-state index contributed by atoms with van der Waals surface area (Å²) in [4.78, 5) is 0. The van der Waals surface area contributed by atoms with Crippen LogP contribution < -0.4 is 11.1 Å². The molecule has 0 spiro atoms. The Kier molecular flexibility index (Phi) is 3.66. The molecule has 3 N–H and O–H groups in total. The van der Waals surface area contributed by atoms with Crippen molar-refractivity contribution in [3.05, 3.63) is 54.1 Å². The standard InChI is InChI=1S/C15H18N2/c1-2-7-12-8-6-11-14(15(12)16)17-13-9-4-3-5-10-13/h3-6,8-11,17H,2,7,16H2,1H3. The van der Waals surface area contributed by atoms with Gasteiger partial charge in [0.05, 0.1) is 11.4 Å². The van der Waals surface area contributed by atoms with Crippen molar-refractivity contribution in [2.75, 3.05) is 11.1 Å². The van der Waals surface area contributed by atoms with Gasteiger partial charge in [-0.3, -0.25) is 0 Å². The molecule has 0 bridgehead atoms. The maximum Gasteiger partial charge on any atom is 0.0620 e. The van der Waals surface area contributed by atoms with Crippen LogP contribution in [0.25, 0.3) is 0 Å². The maximum absolute atomic E-state index is 6.15. The second-order valence-corrected chi connectivity index (χ2v) is 4.12. The van der Waals surface area contributed by atoms with E-state index in [-0.39, 0.29) is 0 Å². The largest absolute Gasteiger partial charge is 0.397 e. The molecule has 0 atom stereocenters. The fraction of sp³-hybridized carbons (Fsp3) is 0.200. The van der Waals surface area contributed by atoms with Crippen molar-refractivity contribution in [2.45, 2.75) is 19.8 Å². The summed E-state index contributed by atoms with van der Waals surface area (Å²) < 4.78 is 0. The number of nitrogen functional groups attached to an aromatic ring is 1. The Balaban J connectivity index is 2.24. The minimum atomic E-state index is 0.859. The Morgan fingerprint density at radius 2 is 1.76 bits per heavy atom. The minimum absolute atomic E-state index is 0.859. The molecule has 0 fully saturated rings. The highest BCUT2D eigenvalue weighted by atomic mass is 14.9. The molecule has 0 aromatic heterocycles. The Morgan fingerprint density at radius 3 is 2.47 bits per heavy atom. The molecule has 2 heteroatoms. The molecule has 2 aromatic rings. The number of rotatable bonds is 4. The summed E-state index contributed by atoms with van der Waals surface area (Å²) >= 11 is 0. The van der Waals surface area contributed by atoms with Crippen molar-refractivity contribution < 1.29 is 0 Å². The molecule has 17 heavy (non-hydrogen) atoms. The van der Waals surface area contributed by atoms with Gasteiger partial charge in [-0.05, 0) is 30.2 Å². The van der Waals surface area contributed by atoms with Crippen LogP contribution in [0, 0.1) is 0 Å². The molecule has 0 radical (unpaired) electrons. The third-order valence-electron chi connectivity index (χ3n) is 2.77. The molecule has 2 rings (SSSR count). The molecule has 0 amide bonds. The van der Waals surface area contributed by atoms with E-state index in [0.29, 0.717) is 0 Å². The number of benzene rings is 2. The summed E-state index contributed by atoms with van der Waals surface area (Å²) in [6.07, 6.45) is 2.13. The first-order valence-electron chi connectivity index (χ1n) is 6.00. The van der Waals surface area contributed by atoms with Crippen LogP contribution in [-0.2, 0) is 6.42 Å². The predicted octanol–water partition coefficient (Wildman–Crippen LogP) is 3.96. The van der Waals surface area contributed by atoms with Gasteiger partial charge >= 0.3 is 0 Å². The number of nitrogens with one attached hydrogen (secondary N) is 1. The van der Waals surface area contributed by atoms with Crippen LogP contribution in [0.4, 0.5) is 17.1 Å². The second kappa shape index (κ2) is 5.39. The van der Waals surface area contributed by atoms with Crippen molar-refractivity contribution >= 4 is 17.1 Å². The topological polar surface area (TPSA) is 38.0 Å². The summed E-state index contributed by atoms with van der Waals surface area (Å²) in [7, 11) is 0. The molecule has 88 valence electrons. The van der Waals surface area contributed by atoms with Gasteiger partial charge in [0.1, 0.15) is 0 Å². The Labute approximate surface area is 102 Å². The third-order valence-corrected chi connectivity index (χ3v) is 2.77. The van der Waals surface area contributed by atoms with Gasteiger partial charge in [-0.15, -0.1) is 0 Å². The van der Waals surface area contributed by atoms with E-state index >= 15 is 0 Å². The monoisotopic (exact) mass is 226 g/mol. The highest BCUT2D eigenvalue weighted by molar-refractivity contribution is 5.75. The molecule has 0 aliphatic rings. The average Bonchev–Trinajstić information content (AvgIpc) is 2.36. The van der Waals surface area contributed by atoms with Gasteiger partial charge < -0.3 is 11.1 Å². The summed E-state index contributed by atoms with van der Waals surface area (Å²) in [6, 6.07) is 16.2. The fourth-order valence-electron chi connectivity index (χ4n) is 1.89. The highest BCUT2D eigenvalue weighted by Crippen LogP contribution is 2.26. The van der Waals surface area contributed by atoms with E-state index in [1.54, 1.807) is 0 Å². The molecular formula is C15H18N2. The Hall–Kier alpha value is -1.96. The first-order chi connectivity index (χ1) is 8.31. The molecule has 2 nitrogen and oxygen atoms in total. The lowest BCUT2D eigenvalue weighted by atomic mass is 10.1. The molecule has 0 saturated heterocycles. The van der Waals surface area contributed by atoms with E-state index in [0.717, 1.165) is 29.9 Å². The van der Waals surface area contributed by atoms with Crippen LogP contribution in [0.2, 0.25) is 0 Å². The van der Waals surface area contributed by atoms with Crippen LogP contribution in [0.15, 0.2) is 48.5 Å². The fourth-order valence-corrected chi connectivity index (χ4v) is 1.89. The third kappa shape index (κ3) is 2.78. The summed E-state index contributed by atoms with van der Waals surface area (Å²) in [5.74, 6) is 0. The summed E-state index contributed by atoms with van der Waals surface area (Å²) in [5, 5.41) is 3.35. The van der Waals surface area contributed by atoms with Gasteiger partial charge in [-0.1, -0.05) is 43.7 Å². The minimum Gasteiger partial charge on any atom is -0.397 e. The van der Waals surface area contributed by atoms with Gasteiger partial charge in [0.2, 0.25) is 0 Å². The predicted molar refractivity (Wildman–Crippen MR) is 74.6 cm³/mol. The highest BCUT2D eigenvalue weighted by Gasteiger charge is 2.03. The maximum atomic E-state index is 6.15. The van der Waals surface area contributed by atoms with Crippen molar-refractivity contribution in [3.8, 4) is 0 Å². The van der Waals surface area contributed by atoms with E-state index in [4.69, 9.17) is 5.73 Å². The zero-order chi connectivity index (χ0) is 12.1. The number of hydrogen-bond donors (Lipinski definition) is 2. The number of aryl methyl sites for hydroxylation is 1. The van der Waals surface area contributed by atoms with Gasteiger partial charge in [-0.25, -0.2) is 0 Å². The first kappa shape index (κ1) is 11.5. The number of hydrogen-bond acceptors (Lipinski definition) is 2. The number of anilines is 3. The summed E-state index contributed by atoms with van der Waals surface area (Å²) in [5.41, 5.74) is 10.3. The van der Waals surface area contributed by atoms with Crippen LogP contribution in [0.3, 0.4) is 0 Å². The molecule has 2 aromatic carbocycles. The van der Waals surface area contributed by atoms with E-state index < -0.39 is 0 Å². The molecule has 0 heterocycles. The van der Waals surface area contributed by atoms with Crippen LogP contribution in [0.5, 0.6) is 0 Å². The van der Waals surface area contributed by atoms with Crippen LogP contribution >= 0.6 is 0 Å². The van der Waals surface area contributed by atoms with Crippen molar-refractivity contribution in [1.82, 2.24) is 0 Å². The Bertz CT molecular complexity index is 478. The zero-order valence-electron chi connectivity index (χ0n) is 10.1.